The molecule has 1 aromatic carbocycles. The van der Waals surface area contributed by atoms with Gasteiger partial charge in [-0.05, 0) is 63.4 Å². The number of aliphatic hydroxyl groups excluding tert-OH is 1. The van der Waals surface area contributed by atoms with Crippen molar-refractivity contribution in [2.75, 3.05) is 0 Å². The van der Waals surface area contributed by atoms with Crippen LogP contribution in [0.5, 0.6) is 11.8 Å². The van der Waals surface area contributed by atoms with Gasteiger partial charge in [0.05, 0.1) is 5.57 Å². The Balaban J connectivity index is 2.12. The summed E-state index contributed by atoms with van der Waals surface area (Å²) >= 11 is 0. The first kappa shape index (κ1) is 20.5. The van der Waals surface area contributed by atoms with Crippen LogP contribution in [-0.4, -0.2) is 32.1 Å². The number of ether oxygens (including phenoxy) is 2. The first-order valence-electron chi connectivity index (χ1n) is 9.32. The fourth-order valence-corrected chi connectivity index (χ4v) is 3.41. The number of ketones is 1. The number of aryl methyl sites for hydroxylation is 1. The molecule has 1 aliphatic rings. The second-order valence-electron chi connectivity index (χ2n) is 7.79. The monoisotopic (exact) mass is 393 g/mol. The third kappa shape index (κ3) is 3.84. The summed E-state index contributed by atoms with van der Waals surface area (Å²) in [4.78, 5) is 21.1. The molecular weight excluding hydrogens is 370 g/mol. The number of aromatic nitrogens is 2. The van der Waals surface area contributed by atoms with Crippen LogP contribution in [0.2, 0.25) is 0 Å². The third-order valence-corrected chi connectivity index (χ3v) is 4.78. The van der Waals surface area contributed by atoms with Crippen LogP contribution in [0, 0.1) is 11.3 Å². The molecule has 1 N–H and O–H groups in total. The van der Waals surface area contributed by atoms with Crippen molar-refractivity contribution >= 4 is 11.4 Å². The van der Waals surface area contributed by atoms with E-state index in [2.05, 4.69) is 9.97 Å². The Bertz CT molecular complexity index is 1050. The van der Waals surface area contributed by atoms with Crippen LogP contribution in [0.15, 0.2) is 36.2 Å². The molecule has 0 unspecified atom stereocenters. The molecule has 0 spiro atoms. The molecule has 0 atom stereocenters. The number of rotatable bonds is 4. The molecule has 1 aromatic heterocycles. The number of carbonyl (C=O) groups is 1. The van der Waals surface area contributed by atoms with E-state index in [0.29, 0.717) is 17.7 Å². The maximum atomic E-state index is 13.1. The van der Waals surface area contributed by atoms with Gasteiger partial charge >= 0.3 is 6.01 Å². The molecule has 150 valence electrons. The van der Waals surface area contributed by atoms with Crippen LogP contribution in [0.1, 0.15) is 51.4 Å². The molecule has 2 aromatic rings. The van der Waals surface area contributed by atoms with E-state index in [0.717, 1.165) is 5.56 Å². The van der Waals surface area contributed by atoms with Crippen molar-refractivity contribution in [1.82, 2.24) is 9.97 Å². The lowest BCUT2D eigenvalue weighted by molar-refractivity contribution is -0.158. The van der Waals surface area contributed by atoms with E-state index in [-0.39, 0.29) is 28.8 Å². The first-order valence-corrected chi connectivity index (χ1v) is 9.32. The molecule has 1 aliphatic heterocycles. The minimum Gasteiger partial charge on any atom is -0.508 e. The zero-order valence-corrected chi connectivity index (χ0v) is 17.1. The number of carbonyl (C=O) groups excluding carboxylic acids is 1. The summed E-state index contributed by atoms with van der Waals surface area (Å²) in [5, 5.41) is 19.8. The number of aliphatic hydroxyl groups is 1. The summed E-state index contributed by atoms with van der Waals surface area (Å²) in [5.74, 6) is -0.0252. The Morgan fingerprint density at radius 2 is 1.93 bits per heavy atom. The van der Waals surface area contributed by atoms with Gasteiger partial charge in [-0.2, -0.15) is 10.2 Å². The molecule has 0 fully saturated rings. The van der Waals surface area contributed by atoms with Gasteiger partial charge in [-0.1, -0.05) is 13.0 Å². The van der Waals surface area contributed by atoms with Gasteiger partial charge < -0.3 is 14.6 Å². The minimum absolute atomic E-state index is 0.0245. The fraction of sp³-hybridized carbons (Fsp3) is 0.364. The fourth-order valence-electron chi connectivity index (χ4n) is 3.41. The molecule has 7 heteroatoms. The van der Waals surface area contributed by atoms with Gasteiger partial charge in [-0.15, -0.1) is 0 Å². The average molecular weight is 393 g/mol. The van der Waals surface area contributed by atoms with Crippen molar-refractivity contribution in [3.63, 3.8) is 0 Å². The molecule has 2 heterocycles. The van der Waals surface area contributed by atoms with Gasteiger partial charge in [0, 0.05) is 6.20 Å². The van der Waals surface area contributed by atoms with Gasteiger partial charge in [0.2, 0.25) is 0 Å². The van der Waals surface area contributed by atoms with Crippen molar-refractivity contribution in [3.8, 4) is 17.8 Å². The van der Waals surface area contributed by atoms with Crippen LogP contribution in [-0.2, 0) is 16.0 Å². The Labute approximate surface area is 169 Å². The van der Waals surface area contributed by atoms with Crippen LogP contribution < -0.4 is 4.74 Å². The Hall–Kier alpha value is -3.24. The largest absolute Gasteiger partial charge is 0.508 e. The van der Waals surface area contributed by atoms with E-state index >= 15 is 0 Å². The molecular formula is C22H23N3O4. The number of nitriles is 1. The number of benzene rings is 1. The zero-order chi connectivity index (χ0) is 21.4. The van der Waals surface area contributed by atoms with Gasteiger partial charge in [0.25, 0.3) is 0 Å². The van der Waals surface area contributed by atoms with Crippen LogP contribution in [0.25, 0.3) is 5.57 Å². The molecule has 0 amide bonds. The lowest BCUT2D eigenvalue weighted by atomic mass is 9.81. The lowest BCUT2D eigenvalue weighted by Gasteiger charge is -2.40. The highest BCUT2D eigenvalue weighted by Gasteiger charge is 2.47. The lowest BCUT2D eigenvalue weighted by Crippen LogP contribution is -2.49. The van der Waals surface area contributed by atoms with E-state index in [1.807, 2.05) is 19.1 Å². The van der Waals surface area contributed by atoms with Gasteiger partial charge in [0.1, 0.15) is 34.5 Å². The van der Waals surface area contributed by atoms with Crippen LogP contribution >= 0.6 is 0 Å². The highest BCUT2D eigenvalue weighted by molar-refractivity contribution is 6.26. The van der Waals surface area contributed by atoms with Crippen molar-refractivity contribution in [2.24, 2.45) is 0 Å². The SMILES string of the molecule is CCc1ccc(Oc2nccc(C#N)n2)cc1C1=C(O)C(C)(C)OC(C)(C)C1=O. The summed E-state index contributed by atoms with van der Waals surface area (Å²) in [5.41, 5.74) is -0.235. The second kappa shape index (κ2) is 7.30. The Morgan fingerprint density at radius 3 is 2.59 bits per heavy atom. The molecule has 0 saturated carbocycles. The standard InChI is InChI=1S/C22H23N3O4/c1-6-13-7-8-15(28-20-24-10-9-14(12-23)25-20)11-16(13)17-18(26)21(2,3)29-22(4,5)19(17)27/h7-11,26H,6H2,1-5H3. The number of hydrogen-bond acceptors (Lipinski definition) is 7. The van der Waals surface area contributed by atoms with Crippen molar-refractivity contribution in [3.05, 3.63) is 53.0 Å². The molecule has 0 saturated heterocycles. The van der Waals surface area contributed by atoms with Crippen molar-refractivity contribution in [1.29, 1.82) is 5.26 Å². The zero-order valence-electron chi connectivity index (χ0n) is 17.1. The number of Topliss-reactive ketones (excluding diaryl/α,β-unsaturated/α-hetero) is 1. The number of nitrogens with zero attached hydrogens (tertiary/aromatic N) is 3. The maximum absolute atomic E-state index is 13.1. The molecule has 0 bridgehead atoms. The summed E-state index contributed by atoms with van der Waals surface area (Å²) in [6.45, 7) is 8.80. The molecule has 7 nitrogen and oxygen atoms in total. The normalized spacial score (nSPS) is 17.7. The topological polar surface area (TPSA) is 105 Å². The Kier molecular flexibility index (Phi) is 5.16. The van der Waals surface area contributed by atoms with E-state index in [4.69, 9.17) is 14.7 Å². The molecule has 0 aliphatic carbocycles. The molecule has 3 rings (SSSR count). The highest BCUT2D eigenvalue weighted by Crippen LogP contribution is 2.41. The second-order valence-corrected chi connectivity index (χ2v) is 7.79. The van der Waals surface area contributed by atoms with Crippen LogP contribution in [0.3, 0.4) is 0 Å². The van der Waals surface area contributed by atoms with Gasteiger partial charge in [-0.25, -0.2) is 4.98 Å². The quantitative estimate of drug-likeness (QED) is 0.832. The number of hydrogen-bond donors (Lipinski definition) is 1. The highest BCUT2D eigenvalue weighted by atomic mass is 16.5. The van der Waals surface area contributed by atoms with Crippen molar-refractivity contribution < 1.29 is 19.4 Å². The smallest absolute Gasteiger partial charge is 0.323 e. The minimum atomic E-state index is -1.09. The summed E-state index contributed by atoms with van der Waals surface area (Å²) in [6, 6.07) is 8.69. The van der Waals surface area contributed by atoms with E-state index in [1.165, 1.54) is 12.3 Å². The summed E-state index contributed by atoms with van der Waals surface area (Å²) in [6.07, 6.45) is 2.09. The maximum Gasteiger partial charge on any atom is 0.323 e. The van der Waals surface area contributed by atoms with Gasteiger partial charge in [0.15, 0.2) is 5.78 Å². The predicted molar refractivity (Wildman–Crippen MR) is 106 cm³/mol. The van der Waals surface area contributed by atoms with Crippen LogP contribution in [0.4, 0.5) is 0 Å². The van der Waals surface area contributed by atoms with E-state index < -0.39 is 11.2 Å². The van der Waals surface area contributed by atoms with Gasteiger partial charge in [-0.3, -0.25) is 4.79 Å². The molecule has 0 radical (unpaired) electrons. The van der Waals surface area contributed by atoms with Crippen molar-refractivity contribution in [2.45, 2.75) is 52.2 Å². The van der Waals surface area contributed by atoms with E-state index in [9.17, 15) is 9.90 Å². The summed E-state index contributed by atoms with van der Waals surface area (Å²) < 4.78 is 11.5. The summed E-state index contributed by atoms with van der Waals surface area (Å²) in [7, 11) is 0. The average Bonchev–Trinajstić information content (AvgIpc) is 2.66. The first-order chi connectivity index (χ1) is 13.6. The third-order valence-electron chi connectivity index (χ3n) is 4.78. The van der Waals surface area contributed by atoms with E-state index in [1.54, 1.807) is 39.8 Å². The Morgan fingerprint density at radius 1 is 1.21 bits per heavy atom. The molecule has 29 heavy (non-hydrogen) atoms. The predicted octanol–water partition coefficient (Wildman–Crippen LogP) is 4.13.